The van der Waals surface area contributed by atoms with Gasteiger partial charge in [-0.2, -0.15) is 0 Å². The highest BCUT2D eigenvalue weighted by Crippen LogP contribution is 2.50. The largest absolute Gasteiger partial charge is 0.508 e. The van der Waals surface area contributed by atoms with E-state index in [4.69, 9.17) is 13.6 Å². The van der Waals surface area contributed by atoms with Crippen LogP contribution in [0, 0.1) is 0 Å². The van der Waals surface area contributed by atoms with Crippen LogP contribution in [0.3, 0.4) is 0 Å². The molecule has 1 aromatic carbocycles. The number of rotatable bonds is 7. The van der Waals surface area contributed by atoms with Crippen molar-refractivity contribution in [3.63, 3.8) is 0 Å². The lowest BCUT2D eigenvalue weighted by atomic mass is 9.79. The van der Waals surface area contributed by atoms with Crippen molar-refractivity contribution in [3.05, 3.63) is 28.8 Å². The number of phosphoric ester groups is 1. The molecule has 6 heteroatoms. The molecule has 0 aromatic heterocycles. The summed E-state index contributed by atoms with van der Waals surface area (Å²) in [5, 5.41) is 10.5. The summed E-state index contributed by atoms with van der Waals surface area (Å²) in [6.45, 7) is 16.4. The highest BCUT2D eigenvalue weighted by Gasteiger charge is 2.29. The molecule has 0 aliphatic heterocycles. The van der Waals surface area contributed by atoms with E-state index in [0.29, 0.717) is 0 Å². The Morgan fingerprint density at radius 3 is 1.76 bits per heavy atom. The summed E-state index contributed by atoms with van der Waals surface area (Å²) in [4.78, 5) is 0. The molecule has 0 aliphatic carbocycles. The molecule has 0 radical (unpaired) electrons. The molecule has 0 heterocycles. The van der Waals surface area contributed by atoms with Gasteiger partial charge in [0.2, 0.25) is 0 Å². The van der Waals surface area contributed by atoms with Crippen molar-refractivity contribution >= 4 is 7.82 Å². The predicted octanol–water partition coefficient (Wildman–Crippen LogP) is 5.68. The van der Waals surface area contributed by atoms with Crippen LogP contribution in [0.4, 0.5) is 0 Å². The van der Waals surface area contributed by atoms with Crippen molar-refractivity contribution in [3.8, 4) is 5.75 Å². The molecule has 0 bridgehead atoms. The summed E-state index contributed by atoms with van der Waals surface area (Å²) in [6, 6.07) is 3.71. The summed E-state index contributed by atoms with van der Waals surface area (Å²) in [5.74, 6) is 0.263. The van der Waals surface area contributed by atoms with Crippen molar-refractivity contribution in [2.24, 2.45) is 0 Å². The predicted molar refractivity (Wildman–Crippen MR) is 101 cm³/mol. The van der Waals surface area contributed by atoms with Gasteiger partial charge in [-0.25, -0.2) is 4.57 Å². The maximum Gasteiger partial charge on any atom is 0.475 e. The highest BCUT2D eigenvalue weighted by molar-refractivity contribution is 7.48. The maximum atomic E-state index is 12.6. The van der Waals surface area contributed by atoms with Crippen molar-refractivity contribution < 1.29 is 23.2 Å². The zero-order chi connectivity index (χ0) is 19.5. The first-order valence-electron chi connectivity index (χ1n) is 8.74. The summed E-state index contributed by atoms with van der Waals surface area (Å²) in [5.41, 5.74) is 2.21. The van der Waals surface area contributed by atoms with Gasteiger partial charge < -0.3 is 5.11 Å². The lowest BCUT2D eigenvalue weighted by Crippen LogP contribution is -2.18. The topological polar surface area (TPSA) is 65.0 Å². The molecule has 1 aromatic rings. The average Bonchev–Trinajstić information content (AvgIpc) is 2.44. The summed E-state index contributed by atoms with van der Waals surface area (Å²) < 4.78 is 28.5. The minimum absolute atomic E-state index is 0.0905. The molecule has 0 unspecified atom stereocenters. The van der Waals surface area contributed by atoms with Crippen LogP contribution in [0.5, 0.6) is 5.75 Å². The minimum Gasteiger partial charge on any atom is -0.508 e. The van der Waals surface area contributed by atoms with Gasteiger partial charge in [-0.15, -0.1) is 0 Å². The molecule has 25 heavy (non-hydrogen) atoms. The van der Waals surface area contributed by atoms with Gasteiger partial charge in [-0.05, 0) is 53.5 Å². The van der Waals surface area contributed by atoms with Crippen molar-refractivity contribution in [2.45, 2.75) is 72.8 Å². The summed E-state index contributed by atoms with van der Waals surface area (Å²) in [6.07, 6.45) is 0. The first-order valence-corrected chi connectivity index (χ1v) is 10.2. The third-order valence-corrected chi connectivity index (χ3v) is 5.38. The van der Waals surface area contributed by atoms with Crippen LogP contribution in [-0.4, -0.2) is 18.3 Å². The lowest BCUT2D eigenvalue weighted by molar-refractivity contribution is 0.116. The zero-order valence-electron chi connectivity index (χ0n) is 16.8. The highest BCUT2D eigenvalue weighted by atomic mass is 31.2. The van der Waals surface area contributed by atoms with E-state index in [1.807, 2.05) is 26.8 Å². The molecule has 0 aliphatic rings. The number of phenols is 1. The number of hydrogen-bond acceptors (Lipinski definition) is 5. The van der Waals surface area contributed by atoms with Crippen molar-refractivity contribution in [1.29, 1.82) is 0 Å². The fraction of sp³-hybridized carbons (Fsp3) is 0.684. The Labute approximate surface area is 152 Å². The minimum atomic E-state index is -3.59. The van der Waals surface area contributed by atoms with Crippen LogP contribution in [0.15, 0.2) is 12.1 Å². The van der Waals surface area contributed by atoms with Gasteiger partial charge in [-0.3, -0.25) is 13.6 Å². The Hall–Kier alpha value is -0.870. The number of aromatic hydroxyl groups is 1. The second-order valence-electron chi connectivity index (χ2n) is 8.08. The van der Waals surface area contributed by atoms with Gasteiger partial charge in [0.1, 0.15) is 5.75 Å². The van der Waals surface area contributed by atoms with Gasteiger partial charge in [0.25, 0.3) is 0 Å². The number of benzene rings is 1. The fourth-order valence-corrected chi connectivity index (χ4v) is 3.78. The van der Waals surface area contributed by atoms with E-state index < -0.39 is 7.82 Å². The molecule has 1 N–H and O–H groups in total. The van der Waals surface area contributed by atoms with Gasteiger partial charge in [0.15, 0.2) is 0 Å². The van der Waals surface area contributed by atoms with Crippen LogP contribution < -0.4 is 0 Å². The van der Waals surface area contributed by atoms with Crippen LogP contribution >= 0.6 is 7.82 Å². The van der Waals surface area contributed by atoms with Crippen LogP contribution in [0.1, 0.15) is 72.1 Å². The van der Waals surface area contributed by atoms with Crippen molar-refractivity contribution in [1.82, 2.24) is 0 Å². The van der Waals surface area contributed by atoms with E-state index >= 15 is 0 Å². The fourth-order valence-electron chi connectivity index (χ4n) is 2.63. The first kappa shape index (κ1) is 22.2. The number of hydrogen-bond donors (Lipinski definition) is 1. The quantitative estimate of drug-likeness (QED) is 0.623. The van der Waals surface area contributed by atoms with Gasteiger partial charge in [0.05, 0.1) is 19.8 Å². The standard InChI is InChI=1S/C19H33O5P/c1-9-22-25(21,23-10-2)24-13-14-11-16(19(6,7)8)17(20)12-15(14)18(3,4)5/h11-12,20H,9-10,13H2,1-8H3. The second kappa shape index (κ2) is 8.22. The molecule has 0 spiro atoms. The maximum absolute atomic E-state index is 12.6. The second-order valence-corrected chi connectivity index (χ2v) is 9.75. The Morgan fingerprint density at radius 2 is 1.36 bits per heavy atom. The molecule has 0 fully saturated rings. The third-order valence-electron chi connectivity index (χ3n) is 3.79. The van der Waals surface area contributed by atoms with Gasteiger partial charge in [-0.1, -0.05) is 41.5 Å². The molecule has 0 saturated carbocycles. The molecule has 5 nitrogen and oxygen atoms in total. The lowest BCUT2D eigenvalue weighted by Gasteiger charge is -2.28. The Morgan fingerprint density at radius 1 is 0.880 bits per heavy atom. The normalized spacial score (nSPS) is 13.3. The molecule has 0 saturated heterocycles. The summed E-state index contributed by atoms with van der Waals surface area (Å²) in [7, 11) is -3.59. The Balaban J connectivity index is 3.29. The number of phenolic OH excluding ortho intramolecular Hbond substituents is 1. The van der Waals surface area contributed by atoms with E-state index in [1.54, 1.807) is 19.9 Å². The molecule has 0 amide bonds. The van der Waals surface area contributed by atoms with Crippen LogP contribution in [0.25, 0.3) is 0 Å². The first-order chi connectivity index (χ1) is 11.3. The van der Waals surface area contributed by atoms with E-state index in [2.05, 4.69) is 20.8 Å². The summed E-state index contributed by atoms with van der Waals surface area (Å²) >= 11 is 0. The zero-order valence-corrected chi connectivity index (χ0v) is 17.7. The van der Waals surface area contributed by atoms with Crippen LogP contribution in [0.2, 0.25) is 0 Å². The van der Waals surface area contributed by atoms with E-state index in [0.717, 1.165) is 16.7 Å². The van der Waals surface area contributed by atoms with E-state index in [1.165, 1.54) is 0 Å². The number of phosphoric acid groups is 1. The Kier molecular flexibility index (Phi) is 7.29. The van der Waals surface area contributed by atoms with Gasteiger partial charge in [0, 0.05) is 0 Å². The van der Waals surface area contributed by atoms with Crippen LogP contribution in [-0.2, 0) is 35.6 Å². The van der Waals surface area contributed by atoms with Gasteiger partial charge >= 0.3 is 7.82 Å². The molecular weight excluding hydrogens is 339 g/mol. The molecule has 144 valence electrons. The average molecular weight is 372 g/mol. The van der Waals surface area contributed by atoms with E-state index in [-0.39, 0.29) is 36.4 Å². The smallest absolute Gasteiger partial charge is 0.475 e. The molecular formula is C19H33O5P. The van der Waals surface area contributed by atoms with Crippen molar-refractivity contribution in [2.75, 3.05) is 13.2 Å². The molecule has 0 atom stereocenters. The molecule has 1 rings (SSSR count). The Bertz CT molecular complexity index is 616. The van der Waals surface area contributed by atoms with E-state index in [9.17, 15) is 9.67 Å². The third kappa shape index (κ3) is 6.10. The monoisotopic (exact) mass is 372 g/mol. The SMILES string of the molecule is CCOP(=O)(OCC)OCc1cc(C(C)(C)C)c(O)cc1C(C)(C)C.